The van der Waals surface area contributed by atoms with Gasteiger partial charge in [-0.2, -0.15) is 0 Å². The number of hydrogen-bond donors (Lipinski definition) is 0. The standard InChI is InChI=1S/C14H24N2O3/c1-11(2)19-13(17)12-5-9-16(10-6-12)14(18)15-7-3-4-8-15/h11-12H,3-10H2,1-2H3. The second kappa shape index (κ2) is 6.26. The van der Waals surface area contributed by atoms with Gasteiger partial charge < -0.3 is 14.5 Å². The second-order valence-electron chi connectivity index (χ2n) is 5.72. The molecular formula is C14H24N2O3. The molecule has 2 aliphatic rings. The van der Waals surface area contributed by atoms with Gasteiger partial charge in [-0.3, -0.25) is 4.79 Å². The third-order valence-electron chi connectivity index (χ3n) is 3.83. The van der Waals surface area contributed by atoms with E-state index >= 15 is 0 Å². The average molecular weight is 268 g/mol. The first-order valence-electron chi connectivity index (χ1n) is 7.32. The van der Waals surface area contributed by atoms with Crippen molar-refractivity contribution < 1.29 is 14.3 Å². The van der Waals surface area contributed by atoms with Crippen molar-refractivity contribution in [2.75, 3.05) is 26.2 Å². The normalized spacial score (nSPS) is 21.0. The molecule has 2 rings (SSSR count). The zero-order chi connectivity index (χ0) is 13.8. The summed E-state index contributed by atoms with van der Waals surface area (Å²) >= 11 is 0. The van der Waals surface area contributed by atoms with Crippen LogP contribution in [-0.2, 0) is 9.53 Å². The van der Waals surface area contributed by atoms with Crippen LogP contribution in [0.4, 0.5) is 4.79 Å². The molecule has 0 radical (unpaired) electrons. The van der Waals surface area contributed by atoms with Gasteiger partial charge in [-0.05, 0) is 39.5 Å². The molecule has 2 aliphatic heterocycles. The maximum Gasteiger partial charge on any atom is 0.319 e. The summed E-state index contributed by atoms with van der Waals surface area (Å²) in [5.74, 6) is -0.145. The summed E-state index contributed by atoms with van der Waals surface area (Å²) < 4.78 is 5.23. The maximum atomic E-state index is 12.2. The zero-order valence-electron chi connectivity index (χ0n) is 11.9. The van der Waals surface area contributed by atoms with Crippen LogP contribution >= 0.6 is 0 Å². The largest absolute Gasteiger partial charge is 0.463 e. The van der Waals surface area contributed by atoms with E-state index in [9.17, 15) is 9.59 Å². The molecule has 19 heavy (non-hydrogen) atoms. The van der Waals surface area contributed by atoms with Crippen molar-refractivity contribution >= 4 is 12.0 Å². The highest BCUT2D eigenvalue weighted by atomic mass is 16.5. The Morgan fingerprint density at radius 2 is 1.53 bits per heavy atom. The van der Waals surface area contributed by atoms with Crippen molar-refractivity contribution in [3.63, 3.8) is 0 Å². The first kappa shape index (κ1) is 14.2. The lowest BCUT2D eigenvalue weighted by atomic mass is 9.97. The summed E-state index contributed by atoms with van der Waals surface area (Å²) in [5.41, 5.74) is 0. The van der Waals surface area contributed by atoms with Gasteiger partial charge >= 0.3 is 12.0 Å². The zero-order valence-corrected chi connectivity index (χ0v) is 11.9. The van der Waals surface area contributed by atoms with Gasteiger partial charge in [0, 0.05) is 26.2 Å². The van der Waals surface area contributed by atoms with E-state index in [1.807, 2.05) is 23.6 Å². The van der Waals surface area contributed by atoms with E-state index in [0.29, 0.717) is 13.1 Å². The van der Waals surface area contributed by atoms with E-state index in [1.165, 1.54) is 0 Å². The lowest BCUT2D eigenvalue weighted by molar-refractivity contribution is -0.153. The van der Waals surface area contributed by atoms with Gasteiger partial charge in [-0.25, -0.2) is 4.79 Å². The molecule has 5 nitrogen and oxygen atoms in total. The Kier molecular flexibility index (Phi) is 4.66. The number of carbonyl (C=O) groups is 2. The fourth-order valence-corrected chi connectivity index (χ4v) is 2.74. The molecule has 2 amide bonds. The van der Waals surface area contributed by atoms with Crippen LogP contribution < -0.4 is 0 Å². The highest BCUT2D eigenvalue weighted by Gasteiger charge is 2.31. The third-order valence-corrected chi connectivity index (χ3v) is 3.83. The van der Waals surface area contributed by atoms with Crippen molar-refractivity contribution in [1.29, 1.82) is 0 Å². The quantitative estimate of drug-likeness (QED) is 0.718. The van der Waals surface area contributed by atoms with Crippen LogP contribution in [0.2, 0.25) is 0 Å². The maximum absolute atomic E-state index is 12.2. The molecule has 0 N–H and O–H groups in total. The second-order valence-corrected chi connectivity index (χ2v) is 5.72. The van der Waals surface area contributed by atoms with E-state index in [1.54, 1.807) is 0 Å². The minimum Gasteiger partial charge on any atom is -0.463 e. The fourth-order valence-electron chi connectivity index (χ4n) is 2.74. The molecule has 2 saturated heterocycles. The van der Waals surface area contributed by atoms with E-state index in [4.69, 9.17) is 4.74 Å². The molecule has 0 aliphatic carbocycles. The molecule has 0 unspecified atom stereocenters. The van der Waals surface area contributed by atoms with Gasteiger partial charge in [-0.1, -0.05) is 0 Å². The van der Waals surface area contributed by atoms with E-state index < -0.39 is 0 Å². The summed E-state index contributed by atoms with van der Waals surface area (Å²) in [4.78, 5) is 27.8. The van der Waals surface area contributed by atoms with Gasteiger partial charge in [0.15, 0.2) is 0 Å². The molecule has 2 fully saturated rings. The third kappa shape index (κ3) is 3.61. The van der Waals surface area contributed by atoms with Crippen LogP contribution in [0.1, 0.15) is 39.5 Å². The first-order chi connectivity index (χ1) is 9.08. The van der Waals surface area contributed by atoms with Gasteiger partial charge in [0.1, 0.15) is 0 Å². The molecule has 0 aromatic carbocycles. The number of hydrogen-bond acceptors (Lipinski definition) is 3. The first-order valence-corrected chi connectivity index (χ1v) is 7.32. The van der Waals surface area contributed by atoms with Crippen LogP contribution in [0.15, 0.2) is 0 Å². The molecule has 0 saturated carbocycles. The van der Waals surface area contributed by atoms with E-state index in [-0.39, 0.29) is 24.0 Å². The number of esters is 1. The number of rotatable bonds is 2. The molecule has 0 aromatic rings. The number of carbonyl (C=O) groups excluding carboxylic acids is 2. The monoisotopic (exact) mass is 268 g/mol. The molecule has 0 spiro atoms. The van der Waals surface area contributed by atoms with E-state index in [0.717, 1.165) is 38.8 Å². The number of piperidine rings is 1. The number of nitrogens with zero attached hydrogens (tertiary/aromatic N) is 2. The SMILES string of the molecule is CC(C)OC(=O)C1CCN(C(=O)N2CCCC2)CC1. The van der Waals surface area contributed by atoms with Crippen molar-refractivity contribution in [3.8, 4) is 0 Å². The highest BCUT2D eigenvalue weighted by molar-refractivity contribution is 5.76. The van der Waals surface area contributed by atoms with Crippen LogP contribution in [-0.4, -0.2) is 54.1 Å². The topological polar surface area (TPSA) is 49.9 Å². The molecular weight excluding hydrogens is 244 g/mol. The Morgan fingerprint density at radius 3 is 2.05 bits per heavy atom. The Hall–Kier alpha value is -1.26. The predicted octanol–water partition coefficient (Wildman–Crippen LogP) is 1.87. The number of ether oxygens (including phenoxy) is 1. The molecule has 0 aromatic heterocycles. The Bertz CT molecular complexity index is 330. The van der Waals surface area contributed by atoms with Gasteiger partial charge in [0.05, 0.1) is 12.0 Å². The predicted molar refractivity (Wildman–Crippen MR) is 71.7 cm³/mol. The van der Waals surface area contributed by atoms with Crippen molar-refractivity contribution in [2.24, 2.45) is 5.92 Å². The minimum absolute atomic E-state index is 0.0370. The Balaban J connectivity index is 1.78. The summed E-state index contributed by atoms with van der Waals surface area (Å²) in [5, 5.41) is 0. The highest BCUT2D eigenvalue weighted by Crippen LogP contribution is 2.21. The molecule has 0 atom stereocenters. The molecule has 2 heterocycles. The summed E-state index contributed by atoms with van der Waals surface area (Å²) in [7, 11) is 0. The fraction of sp³-hybridized carbons (Fsp3) is 0.857. The van der Waals surface area contributed by atoms with Gasteiger partial charge in [-0.15, -0.1) is 0 Å². The van der Waals surface area contributed by atoms with Gasteiger partial charge in [0.25, 0.3) is 0 Å². The lowest BCUT2D eigenvalue weighted by Gasteiger charge is -2.33. The summed E-state index contributed by atoms with van der Waals surface area (Å²) in [6.45, 7) is 6.84. The van der Waals surface area contributed by atoms with Gasteiger partial charge in [0.2, 0.25) is 0 Å². The Morgan fingerprint density at radius 1 is 1.00 bits per heavy atom. The lowest BCUT2D eigenvalue weighted by Crippen LogP contribution is -2.46. The van der Waals surface area contributed by atoms with Crippen LogP contribution in [0.5, 0.6) is 0 Å². The number of likely N-dealkylation sites (tertiary alicyclic amines) is 2. The average Bonchev–Trinajstić information content (AvgIpc) is 2.91. The summed E-state index contributed by atoms with van der Waals surface area (Å²) in [6.07, 6.45) is 3.62. The van der Waals surface area contributed by atoms with Crippen molar-refractivity contribution in [3.05, 3.63) is 0 Å². The number of urea groups is 1. The van der Waals surface area contributed by atoms with Crippen LogP contribution in [0, 0.1) is 5.92 Å². The minimum atomic E-state index is -0.108. The Labute approximate surface area is 114 Å². The summed E-state index contributed by atoms with van der Waals surface area (Å²) in [6, 6.07) is 0.146. The van der Waals surface area contributed by atoms with Crippen molar-refractivity contribution in [1.82, 2.24) is 9.80 Å². The van der Waals surface area contributed by atoms with Crippen LogP contribution in [0.3, 0.4) is 0 Å². The molecule has 0 bridgehead atoms. The smallest absolute Gasteiger partial charge is 0.319 e. The molecule has 5 heteroatoms. The van der Waals surface area contributed by atoms with Crippen LogP contribution in [0.25, 0.3) is 0 Å². The molecule has 108 valence electrons. The van der Waals surface area contributed by atoms with E-state index in [2.05, 4.69) is 0 Å². The number of amides is 2. The van der Waals surface area contributed by atoms with Crippen molar-refractivity contribution in [2.45, 2.75) is 45.6 Å².